The summed E-state index contributed by atoms with van der Waals surface area (Å²) in [5.74, 6) is 0.494. The monoisotopic (exact) mass is 528 g/mol. The van der Waals surface area contributed by atoms with E-state index in [-0.39, 0.29) is 31.0 Å². The van der Waals surface area contributed by atoms with Gasteiger partial charge >= 0.3 is 6.01 Å². The van der Waals surface area contributed by atoms with Crippen molar-refractivity contribution in [2.75, 3.05) is 44.4 Å². The normalized spacial score (nSPS) is 25.8. The van der Waals surface area contributed by atoms with Gasteiger partial charge in [0.1, 0.15) is 24.0 Å². The summed E-state index contributed by atoms with van der Waals surface area (Å²) in [5.41, 5.74) is 1.75. The van der Waals surface area contributed by atoms with E-state index in [2.05, 4.69) is 25.1 Å². The van der Waals surface area contributed by atoms with E-state index in [1.807, 2.05) is 42.5 Å². The van der Waals surface area contributed by atoms with Crippen molar-refractivity contribution in [2.45, 2.75) is 30.0 Å². The summed E-state index contributed by atoms with van der Waals surface area (Å²) in [7, 11) is -3.58. The average Bonchev–Trinajstić information content (AvgIpc) is 3.63. The predicted molar refractivity (Wildman–Crippen MR) is 132 cm³/mol. The molecule has 4 heterocycles. The summed E-state index contributed by atoms with van der Waals surface area (Å²) in [5, 5.41) is 12.0. The summed E-state index contributed by atoms with van der Waals surface area (Å²) < 4.78 is 53.3. The van der Waals surface area contributed by atoms with Gasteiger partial charge in [-0.1, -0.05) is 41.5 Å². The Hall–Kier alpha value is -3.10. The van der Waals surface area contributed by atoms with Crippen LogP contribution in [0.5, 0.6) is 11.8 Å². The van der Waals surface area contributed by atoms with Crippen molar-refractivity contribution in [3.63, 3.8) is 0 Å². The van der Waals surface area contributed by atoms with Crippen molar-refractivity contribution in [2.24, 2.45) is 0 Å². The summed E-state index contributed by atoms with van der Waals surface area (Å²) in [6.07, 6.45) is -0.882. The summed E-state index contributed by atoms with van der Waals surface area (Å²) >= 11 is 0. The Labute approximate surface area is 214 Å². The molecule has 3 aliphatic heterocycles. The minimum atomic E-state index is -3.58. The van der Waals surface area contributed by atoms with Gasteiger partial charge in [0.25, 0.3) is 0 Å². The van der Waals surface area contributed by atoms with E-state index in [1.165, 1.54) is 0 Å². The van der Waals surface area contributed by atoms with Crippen molar-refractivity contribution < 1.29 is 27.4 Å². The number of nitrogens with zero attached hydrogens (tertiary/aromatic N) is 5. The predicted octanol–water partition coefficient (Wildman–Crippen LogP) is 1.13. The summed E-state index contributed by atoms with van der Waals surface area (Å²) in [6.45, 7) is 3.48. The van der Waals surface area contributed by atoms with Gasteiger partial charge in [-0.2, -0.15) is 4.68 Å². The third-order valence-corrected chi connectivity index (χ3v) is 8.11. The molecule has 0 amide bonds. The van der Waals surface area contributed by atoms with Gasteiger partial charge < -0.3 is 23.8 Å². The zero-order valence-electron chi connectivity index (χ0n) is 20.0. The number of aromatic nitrogens is 4. The van der Waals surface area contributed by atoms with Gasteiger partial charge in [-0.25, -0.2) is 13.1 Å². The summed E-state index contributed by atoms with van der Waals surface area (Å²) in [6, 6.07) is 16.1. The molecule has 12 nitrogen and oxygen atoms in total. The number of morpholine rings is 1. The van der Waals surface area contributed by atoms with E-state index >= 15 is 0 Å². The van der Waals surface area contributed by atoms with Crippen LogP contribution in [0.3, 0.4) is 0 Å². The van der Waals surface area contributed by atoms with E-state index in [1.54, 1.807) is 16.8 Å². The molecule has 1 N–H and O–H groups in total. The van der Waals surface area contributed by atoms with Gasteiger partial charge in [0.2, 0.25) is 10.0 Å². The fraction of sp³-hybridized carbons (Fsp3) is 0.458. The number of tetrazole rings is 1. The van der Waals surface area contributed by atoms with Crippen molar-refractivity contribution in [1.29, 1.82) is 0 Å². The van der Waals surface area contributed by atoms with Crippen LogP contribution in [0.15, 0.2) is 54.6 Å². The van der Waals surface area contributed by atoms with Gasteiger partial charge in [-0.15, -0.1) is 0 Å². The second kappa shape index (κ2) is 10.3. The maximum atomic E-state index is 12.8. The molecule has 6 rings (SSSR count). The molecule has 0 unspecified atom stereocenters. The second-order valence-corrected chi connectivity index (χ2v) is 11.0. The highest BCUT2D eigenvalue weighted by Gasteiger charge is 2.50. The highest BCUT2D eigenvalue weighted by molar-refractivity contribution is 7.88. The molecule has 3 aliphatic rings. The van der Waals surface area contributed by atoms with Crippen LogP contribution in [0.25, 0.3) is 0 Å². The number of anilines is 1. The van der Waals surface area contributed by atoms with Crippen LogP contribution in [-0.2, 0) is 30.0 Å². The minimum Gasteiger partial charge on any atom is -0.423 e. The van der Waals surface area contributed by atoms with Crippen LogP contribution < -0.4 is 14.4 Å². The van der Waals surface area contributed by atoms with Crippen LogP contribution in [0, 0.1) is 0 Å². The Morgan fingerprint density at radius 3 is 2.65 bits per heavy atom. The summed E-state index contributed by atoms with van der Waals surface area (Å²) in [4.78, 5) is 2.24. The standard InChI is InChI=1S/C24H28N6O6S/c31-37(32,16-17-5-2-1-3-6-17)26-20-14-34-23-21(15-35-22(20)23)30-24(25-27-28-30)36-19-8-4-7-18(13-19)29-9-11-33-12-10-29/h1-8,13,20-23,26H,9-12,14-16H2/t20-,21-,22+,23+/m0/s1. The topological polar surface area (TPSA) is 130 Å². The number of sulfonamides is 1. The number of ether oxygens (including phenoxy) is 4. The van der Waals surface area contributed by atoms with Gasteiger partial charge in [0, 0.05) is 24.8 Å². The molecule has 0 saturated carbocycles. The van der Waals surface area contributed by atoms with E-state index in [9.17, 15) is 8.42 Å². The first-order valence-corrected chi connectivity index (χ1v) is 13.9. The molecule has 0 aliphatic carbocycles. The van der Waals surface area contributed by atoms with E-state index in [4.69, 9.17) is 18.9 Å². The zero-order chi connectivity index (χ0) is 25.2. The first-order chi connectivity index (χ1) is 18.1. The van der Waals surface area contributed by atoms with Crippen molar-refractivity contribution in [3.8, 4) is 11.8 Å². The molecule has 0 spiro atoms. The zero-order valence-corrected chi connectivity index (χ0v) is 20.9. The highest BCUT2D eigenvalue weighted by atomic mass is 32.2. The Kier molecular flexibility index (Phi) is 6.78. The molecule has 0 radical (unpaired) electrons. The van der Waals surface area contributed by atoms with Crippen molar-refractivity contribution in [1.82, 2.24) is 24.9 Å². The van der Waals surface area contributed by atoms with Crippen LogP contribution in [0.4, 0.5) is 5.69 Å². The number of benzene rings is 2. The number of nitrogens with one attached hydrogen (secondary N) is 1. The van der Waals surface area contributed by atoms with Crippen LogP contribution >= 0.6 is 0 Å². The number of hydrogen-bond donors (Lipinski definition) is 1. The fourth-order valence-electron chi connectivity index (χ4n) is 4.99. The maximum absolute atomic E-state index is 12.8. The largest absolute Gasteiger partial charge is 0.423 e. The molecule has 0 bridgehead atoms. The minimum absolute atomic E-state index is 0.111. The van der Waals surface area contributed by atoms with Gasteiger partial charge in [-0.3, -0.25) is 0 Å². The van der Waals surface area contributed by atoms with E-state index in [0.717, 1.165) is 18.8 Å². The lowest BCUT2D eigenvalue weighted by Crippen LogP contribution is -2.44. The Balaban J connectivity index is 1.13. The molecule has 196 valence electrons. The van der Waals surface area contributed by atoms with Crippen LogP contribution in [0.1, 0.15) is 11.6 Å². The second-order valence-electron chi connectivity index (χ2n) is 9.24. The van der Waals surface area contributed by atoms with Gasteiger partial charge in [-0.05, 0) is 28.1 Å². The Bertz CT molecular complexity index is 1320. The maximum Gasteiger partial charge on any atom is 0.341 e. The first kappa shape index (κ1) is 24.2. The molecule has 1 aromatic heterocycles. The quantitative estimate of drug-likeness (QED) is 0.454. The first-order valence-electron chi connectivity index (χ1n) is 12.2. The number of rotatable bonds is 8. The molecule has 3 aromatic rings. The molecular formula is C24H28N6O6S. The molecule has 3 fully saturated rings. The van der Waals surface area contributed by atoms with E-state index in [0.29, 0.717) is 24.5 Å². The fourth-order valence-corrected chi connectivity index (χ4v) is 6.37. The highest BCUT2D eigenvalue weighted by Crippen LogP contribution is 2.36. The SMILES string of the molecule is O=S(=O)(Cc1ccccc1)N[C@H]1CO[C@H]2[C@@H]1OC[C@@H]2n1nnnc1Oc1cccc(N2CCOCC2)c1. The molecule has 2 aromatic carbocycles. The number of fused-ring (bicyclic) bond motifs is 1. The molecule has 3 saturated heterocycles. The lowest BCUT2D eigenvalue weighted by Gasteiger charge is -2.29. The number of hydrogen-bond acceptors (Lipinski definition) is 10. The lowest BCUT2D eigenvalue weighted by atomic mass is 10.1. The Morgan fingerprint density at radius 2 is 1.81 bits per heavy atom. The molecular weight excluding hydrogens is 500 g/mol. The molecule has 13 heteroatoms. The molecule has 4 atom stereocenters. The smallest absolute Gasteiger partial charge is 0.341 e. The van der Waals surface area contributed by atoms with Crippen LogP contribution in [0.2, 0.25) is 0 Å². The van der Waals surface area contributed by atoms with Crippen molar-refractivity contribution in [3.05, 3.63) is 60.2 Å². The Morgan fingerprint density at radius 1 is 1.00 bits per heavy atom. The average molecular weight is 529 g/mol. The van der Waals surface area contributed by atoms with Gasteiger partial charge in [0.05, 0.1) is 38.2 Å². The molecule has 37 heavy (non-hydrogen) atoms. The van der Waals surface area contributed by atoms with E-state index < -0.39 is 28.3 Å². The van der Waals surface area contributed by atoms with Crippen molar-refractivity contribution >= 4 is 15.7 Å². The van der Waals surface area contributed by atoms with Gasteiger partial charge in [0.15, 0.2) is 0 Å². The lowest BCUT2D eigenvalue weighted by molar-refractivity contribution is 0.0615. The third-order valence-electron chi connectivity index (χ3n) is 6.74. The van der Waals surface area contributed by atoms with Crippen LogP contribution in [-0.4, -0.2) is 86.4 Å². The third kappa shape index (κ3) is 5.31.